The van der Waals surface area contributed by atoms with Gasteiger partial charge in [0.2, 0.25) is 5.88 Å². The third-order valence-corrected chi connectivity index (χ3v) is 3.12. The highest BCUT2D eigenvalue weighted by Crippen LogP contribution is 2.30. The van der Waals surface area contributed by atoms with Gasteiger partial charge in [0.15, 0.2) is 23.1 Å². The molecule has 0 aliphatic heterocycles. The number of hydrogen-bond donors (Lipinski definition) is 2. The second kappa shape index (κ2) is 5.92. The van der Waals surface area contributed by atoms with Gasteiger partial charge in [-0.25, -0.2) is 13.8 Å². The van der Waals surface area contributed by atoms with E-state index in [2.05, 4.69) is 4.98 Å². The topological polar surface area (TPSA) is 62.6 Å². The van der Waals surface area contributed by atoms with Crippen LogP contribution in [0, 0.1) is 11.6 Å². The first-order valence-electron chi connectivity index (χ1n) is 6.66. The zero-order valence-electron chi connectivity index (χ0n) is 11.7. The average molecular weight is 315 g/mol. The molecule has 23 heavy (non-hydrogen) atoms. The van der Waals surface area contributed by atoms with Crippen molar-refractivity contribution in [3.63, 3.8) is 0 Å². The monoisotopic (exact) mass is 315 g/mol. The van der Waals surface area contributed by atoms with Crippen LogP contribution in [-0.4, -0.2) is 15.2 Å². The molecule has 2 aromatic carbocycles. The van der Waals surface area contributed by atoms with Gasteiger partial charge >= 0.3 is 0 Å². The molecule has 6 heteroatoms. The molecule has 0 saturated heterocycles. The molecule has 116 valence electrons. The van der Waals surface area contributed by atoms with E-state index in [1.807, 2.05) is 0 Å². The van der Waals surface area contributed by atoms with Crippen molar-refractivity contribution in [3.8, 4) is 34.4 Å². The Balaban J connectivity index is 1.93. The molecular weight excluding hydrogens is 304 g/mol. The molecule has 0 saturated carbocycles. The van der Waals surface area contributed by atoms with Crippen molar-refractivity contribution in [2.75, 3.05) is 0 Å². The number of halogens is 2. The molecule has 0 aliphatic carbocycles. The summed E-state index contributed by atoms with van der Waals surface area (Å²) in [4.78, 5) is 4.13. The number of rotatable bonds is 3. The largest absolute Gasteiger partial charge is 0.505 e. The fraction of sp³-hybridized carbons (Fsp3) is 0. The predicted molar refractivity (Wildman–Crippen MR) is 79.4 cm³/mol. The number of aromatic nitrogens is 1. The minimum absolute atomic E-state index is 0.118. The van der Waals surface area contributed by atoms with Crippen LogP contribution in [0.3, 0.4) is 0 Å². The summed E-state index contributed by atoms with van der Waals surface area (Å²) in [5, 5.41) is 18.6. The smallest absolute Gasteiger partial charge is 0.219 e. The van der Waals surface area contributed by atoms with E-state index in [4.69, 9.17) is 9.84 Å². The van der Waals surface area contributed by atoms with Crippen LogP contribution >= 0.6 is 0 Å². The van der Waals surface area contributed by atoms with Crippen molar-refractivity contribution >= 4 is 0 Å². The van der Waals surface area contributed by atoms with Crippen LogP contribution in [0.2, 0.25) is 0 Å². The normalized spacial score (nSPS) is 10.5. The van der Waals surface area contributed by atoms with Crippen molar-refractivity contribution in [2.24, 2.45) is 0 Å². The Kier molecular flexibility index (Phi) is 3.80. The molecule has 0 fully saturated rings. The second-order valence-corrected chi connectivity index (χ2v) is 4.72. The van der Waals surface area contributed by atoms with E-state index < -0.39 is 23.1 Å². The molecule has 0 radical (unpaired) electrons. The maximum atomic E-state index is 13.9. The lowest BCUT2D eigenvalue weighted by Gasteiger charge is -2.08. The predicted octanol–water partition coefficient (Wildman–Crippen LogP) is 4.23. The number of nitrogens with zero attached hydrogens (tertiary/aromatic N) is 1. The number of aromatic hydroxyl groups is 2. The van der Waals surface area contributed by atoms with Crippen LogP contribution < -0.4 is 4.74 Å². The van der Waals surface area contributed by atoms with Gasteiger partial charge in [0.25, 0.3) is 0 Å². The highest BCUT2D eigenvalue weighted by Gasteiger charge is 2.11. The Bertz CT molecular complexity index is 868. The molecule has 3 aromatic rings. The Labute approximate surface area is 130 Å². The van der Waals surface area contributed by atoms with Gasteiger partial charge in [-0.2, -0.15) is 0 Å². The van der Waals surface area contributed by atoms with E-state index in [0.29, 0.717) is 0 Å². The molecule has 0 unspecified atom stereocenters. The van der Waals surface area contributed by atoms with E-state index in [0.717, 1.165) is 12.1 Å². The second-order valence-electron chi connectivity index (χ2n) is 4.72. The first kappa shape index (κ1) is 14.8. The fourth-order valence-corrected chi connectivity index (χ4v) is 2.01. The number of phenols is 2. The molecule has 0 spiro atoms. The standard InChI is InChI=1S/C17H11F2NO3/c18-12-9-10(7-8-14(12)21)23-16-6-2-4-13(20-16)11-3-1-5-15(22)17(11)19/h1-9,21-22H. The number of benzene rings is 2. The number of phenolic OH excluding ortho intramolecular Hbond substituents is 2. The molecule has 0 aliphatic rings. The Morgan fingerprint density at radius 1 is 0.870 bits per heavy atom. The molecule has 1 heterocycles. The van der Waals surface area contributed by atoms with Crippen molar-refractivity contribution in [2.45, 2.75) is 0 Å². The van der Waals surface area contributed by atoms with Crippen LogP contribution in [0.25, 0.3) is 11.3 Å². The summed E-state index contributed by atoms with van der Waals surface area (Å²) in [5.41, 5.74) is 0.377. The van der Waals surface area contributed by atoms with Crippen molar-refractivity contribution < 1.29 is 23.7 Å². The lowest BCUT2D eigenvalue weighted by atomic mass is 10.1. The van der Waals surface area contributed by atoms with E-state index >= 15 is 0 Å². The molecule has 2 N–H and O–H groups in total. The number of ether oxygens (including phenoxy) is 1. The Morgan fingerprint density at radius 3 is 2.43 bits per heavy atom. The number of hydrogen-bond acceptors (Lipinski definition) is 4. The molecule has 3 rings (SSSR count). The summed E-state index contributed by atoms with van der Waals surface area (Å²) in [6, 6.07) is 12.4. The van der Waals surface area contributed by atoms with Crippen molar-refractivity contribution in [1.82, 2.24) is 4.98 Å². The SMILES string of the molecule is Oc1ccc(Oc2cccc(-c3cccc(O)c3F)n2)cc1F. The Morgan fingerprint density at radius 2 is 1.65 bits per heavy atom. The van der Waals surface area contributed by atoms with Gasteiger partial charge in [0.1, 0.15) is 5.75 Å². The third kappa shape index (κ3) is 3.06. The van der Waals surface area contributed by atoms with Gasteiger partial charge in [-0.15, -0.1) is 0 Å². The van der Waals surface area contributed by atoms with Crippen molar-refractivity contribution in [3.05, 3.63) is 66.2 Å². The zero-order valence-corrected chi connectivity index (χ0v) is 11.7. The highest BCUT2D eigenvalue weighted by molar-refractivity contribution is 5.62. The summed E-state index contributed by atoms with van der Waals surface area (Å²) >= 11 is 0. The molecule has 4 nitrogen and oxygen atoms in total. The van der Waals surface area contributed by atoms with Crippen LogP contribution in [0.5, 0.6) is 23.1 Å². The van der Waals surface area contributed by atoms with E-state index in [-0.39, 0.29) is 22.9 Å². The van der Waals surface area contributed by atoms with Gasteiger partial charge in [0, 0.05) is 17.7 Å². The maximum Gasteiger partial charge on any atom is 0.219 e. The number of pyridine rings is 1. The van der Waals surface area contributed by atoms with Gasteiger partial charge < -0.3 is 14.9 Å². The van der Waals surface area contributed by atoms with Crippen LogP contribution in [0.15, 0.2) is 54.6 Å². The molecular formula is C17H11F2NO3. The third-order valence-electron chi connectivity index (χ3n) is 3.12. The lowest BCUT2D eigenvalue weighted by Crippen LogP contribution is -1.92. The maximum absolute atomic E-state index is 13.9. The molecule has 0 amide bonds. The first-order chi connectivity index (χ1) is 11.0. The zero-order chi connectivity index (χ0) is 16.4. The van der Waals surface area contributed by atoms with Crippen LogP contribution in [-0.2, 0) is 0 Å². The molecule has 0 atom stereocenters. The summed E-state index contributed by atoms with van der Waals surface area (Å²) in [5.74, 6) is -2.31. The lowest BCUT2D eigenvalue weighted by molar-refractivity contribution is 0.420. The minimum atomic E-state index is -0.822. The summed E-state index contributed by atoms with van der Waals surface area (Å²) in [6.07, 6.45) is 0. The van der Waals surface area contributed by atoms with Gasteiger partial charge in [-0.1, -0.05) is 12.1 Å². The van der Waals surface area contributed by atoms with Gasteiger partial charge in [0.05, 0.1) is 5.69 Å². The van der Waals surface area contributed by atoms with Gasteiger partial charge in [-0.05, 0) is 30.3 Å². The van der Waals surface area contributed by atoms with Crippen molar-refractivity contribution in [1.29, 1.82) is 0 Å². The van der Waals surface area contributed by atoms with Crippen LogP contribution in [0.4, 0.5) is 8.78 Å². The summed E-state index contributed by atoms with van der Waals surface area (Å²) in [7, 11) is 0. The highest BCUT2D eigenvalue weighted by atomic mass is 19.1. The van der Waals surface area contributed by atoms with Crippen LogP contribution in [0.1, 0.15) is 0 Å². The minimum Gasteiger partial charge on any atom is -0.505 e. The fourth-order valence-electron chi connectivity index (χ4n) is 2.01. The van der Waals surface area contributed by atoms with E-state index in [1.54, 1.807) is 12.1 Å². The van der Waals surface area contributed by atoms with Gasteiger partial charge in [-0.3, -0.25) is 0 Å². The van der Waals surface area contributed by atoms with E-state index in [1.165, 1.54) is 30.3 Å². The summed E-state index contributed by atoms with van der Waals surface area (Å²) < 4.78 is 32.6. The first-order valence-corrected chi connectivity index (χ1v) is 6.66. The van der Waals surface area contributed by atoms with E-state index in [9.17, 15) is 13.9 Å². The molecule has 0 bridgehead atoms. The average Bonchev–Trinajstić information content (AvgIpc) is 2.54. The summed E-state index contributed by atoms with van der Waals surface area (Å²) in [6.45, 7) is 0. The molecule has 1 aromatic heterocycles. The Hall–Kier alpha value is -3.15. The quantitative estimate of drug-likeness (QED) is 0.759.